The maximum Gasteiger partial charge on any atom is 0.224 e. The molecule has 0 saturated carbocycles. The number of carbonyl (C=O) groups excluding carboxylic acids is 1. The van der Waals surface area contributed by atoms with Crippen molar-refractivity contribution >= 4 is 22.6 Å². The van der Waals surface area contributed by atoms with E-state index >= 15 is 0 Å². The number of nitrogens with zero attached hydrogens (tertiary/aromatic N) is 3. The minimum Gasteiger partial charge on any atom is -0.378 e. The highest BCUT2D eigenvalue weighted by atomic mass is 16.5. The molecule has 0 bridgehead atoms. The first kappa shape index (κ1) is 13.8. The molecule has 1 fully saturated rings. The fourth-order valence-electron chi connectivity index (χ4n) is 2.40. The van der Waals surface area contributed by atoms with Gasteiger partial charge in [0.1, 0.15) is 12.1 Å². The molecular weight excluding hydrogens is 268 g/mol. The van der Waals surface area contributed by atoms with Crippen LogP contribution in [0.15, 0.2) is 30.6 Å². The quantitative estimate of drug-likeness (QED) is 0.917. The first-order valence-corrected chi connectivity index (χ1v) is 7.14. The number of morpholine rings is 1. The van der Waals surface area contributed by atoms with Crippen LogP contribution in [0.3, 0.4) is 0 Å². The molecule has 1 aromatic heterocycles. The van der Waals surface area contributed by atoms with Gasteiger partial charge in [-0.25, -0.2) is 9.97 Å². The maximum absolute atomic E-state index is 12.0. The molecule has 2 aromatic rings. The maximum atomic E-state index is 12.0. The standard InChI is InChI=1S/C15H18N4O2/c20-14(19-7-9-21-10-8-19)5-6-16-15-12-3-1-2-4-13(12)17-11-18-15/h1-4,11H,5-10H2,(H,16,17,18). The molecule has 6 nitrogen and oxygen atoms in total. The van der Waals surface area contributed by atoms with E-state index in [-0.39, 0.29) is 5.91 Å². The number of benzene rings is 1. The Morgan fingerprint density at radius 1 is 1.24 bits per heavy atom. The predicted molar refractivity (Wildman–Crippen MR) is 80.0 cm³/mol. The van der Waals surface area contributed by atoms with E-state index in [0.717, 1.165) is 16.7 Å². The van der Waals surface area contributed by atoms with Crippen LogP contribution in [0.2, 0.25) is 0 Å². The minimum atomic E-state index is 0.157. The lowest BCUT2D eigenvalue weighted by atomic mass is 10.2. The second kappa shape index (κ2) is 6.49. The Hall–Kier alpha value is -2.21. The number of para-hydroxylation sites is 1. The van der Waals surface area contributed by atoms with Gasteiger partial charge in [-0.05, 0) is 12.1 Å². The van der Waals surface area contributed by atoms with Crippen LogP contribution in [0.4, 0.5) is 5.82 Å². The Bertz CT molecular complexity index is 621. The molecular formula is C15H18N4O2. The zero-order chi connectivity index (χ0) is 14.5. The summed E-state index contributed by atoms with van der Waals surface area (Å²) >= 11 is 0. The van der Waals surface area contributed by atoms with Gasteiger partial charge in [0.25, 0.3) is 0 Å². The molecule has 0 atom stereocenters. The van der Waals surface area contributed by atoms with E-state index in [1.54, 1.807) is 0 Å². The number of carbonyl (C=O) groups is 1. The summed E-state index contributed by atoms with van der Waals surface area (Å²) in [5, 5.41) is 4.20. The van der Waals surface area contributed by atoms with E-state index in [2.05, 4.69) is 15.3 Å². The monoisotopic (exact) mass is 286 g/mol. The third kappa shape index (κ3) is 3.28. The van der Waals surface area contributed by atoms with Crippen molar-refractivity contribution in [3.05, 3.63) is 30.6 Å². The van der Waals surface area contributed by atoms with Crippen molar-refractivity contribution in [3.63, 3.8) is 0 Å². The lowest BCUT2D eigenvalue weighted by molar-refractivity contribution is -0.134. The molecule has 1 aliphatic rings. The lowest BCUT2D eigenvalue weighted by Gasteiger charge is -2.26. The zero-order valence-electron chi connectivity index (χ0n) is 11.8. The zero-order valence-corrected chi connectivity index (χ0v) is 11.8. The van der Waals surface area contributed by atoms with Gasteiger partial charge >= 0.3 is 0 Å². The number of aromatic nitrogens is 2. The van der Waals surface area contributed by atoms with Crippen molar-refractivity contribution in [2.45, 2.75) is 6.42 Å². The number of nitrogens with one attached hydrogen (secondary N) is 1. The Labute approximate surface area is 123 Å². The topological polar surface area (TPSA) is 67.4 Å². The van der Waals surface area contributed by atoms with Crippen molar-refractivity contribution in [1.82, 2.24) is 14.9 Å². The normalized spacial score (nSPS) is 15.1. The van der Waals surface area contributed by atoms with Crippen LogP contribution in [0.5, 0.6) is 0 Å². The second-order valence-corrected chi connectivity index (χ2v) is 4.91. The number of rotatable bonds is 4. The number of anilines is 1. The van der Waals surface area contributed by atoms with E-state index in [4.69, 9.17) is 4.74 Å². The molecule has 0 aliphatic carbocycles. The van der Waals surface area contributed by atoms with E-state index in [0.29, 0.717) is 39.3 Å². The van der Waals surface area contributed by atoms with Gasteiger partial charge in [-0.2, -0.15) is 0 Å². The van der Waals surface area contributed by atoms with Gasteiger partial charge < -0.3 is 15.0 Å². The molecule has 0 radical (unpaired) electrons. The predicted octanol–water partition coefficient (Wildman–Crippen LogP) is 1.29. The summed E-state index contributed by atoms with van der Waals surface area (Å²) in [7, 11) is 0. The average Bonchev–Trinajstić information content (AvgIpc) is 2.56. The SMILES string of the molecule is O=C(CCNc1ncnc2ccccc12)N1CCOCC1. The summed E-state index contributed by atoms with van der Waals surface area (Å²) in [6.45, 7) is 3.22. The Morgan fingerprint density at radius 3 is 2.90 bits per heavy atom. The summed E-state index contributed by atoms with van der Waals surface area (Å²) < 4.78 is 5.25. The van der Waals surface area contributed by atoms with Gasteiger partial charge in [0.2, 0.25) is 5.91 Å². The van der Waals surface area contributed by atoms with E-state index in [9.17, 15) is 4.79 Å². The van der Waals surface area contributed by atoms with Crippen LogP contribution in [-0.2, 0) is 9.53 Å². The highest BCUT2D eigenvalue weighted by Crippen LogP contribution is 2.18. The fraction of sp³-hybridized carbons (Fsp3) is 0.400. The molecule has 6 heteroatoms. The smallest absolute Gasteiger partial charge is 0.224 e. The van der Waals surface area contributed by atoms with Gasteiger partial charge in [-0.15, -0.1) is 0 Å². The molecule has 1 amide bonds. The summed E-state index contributed by atoms with van der Waals surface area (Å²) in [4.78, 5) is 22.4. The number of fused-ring (bicyclic) bond motifs is 1. The number of amides is 1. The van der Waals surface area contributed by atoms with Crippen LogP contribution in [0.25, 0.3) is 10.9 Å². The molecule has 1 aromatic carbocycles. The van der Waals surface area contributed by atoms with Crippen LogP contribution in [0.1, 0.15) is 6.42 Å². The van der Waals surface area contributed by atoms with Gasteiger partial charge in [-0.3, -0.25) is 4.79 Å². The van der Waals surface area contributed by atoms with Gasteiger partial charge in [-0.1, -0.05) is 12.1 Å². The Kier molecular flexibility index (Phi) is 4.25. The van der Waals surface area contributed by atoms with Crippen molar-refractivity contribution in [1.29, 1.82) is 0 Å². The summed E-state index contributed by atoms with van der Waals surface area (Å²) in [6, 6.07) is 7.82. The van der Waals surface area contributed by atoms with Crippen molar-refractivity contribution in [2.24, 2.45) is 0 Å². The fourth-order valence-corrected chi connectivity index (χ4v) is 2.40. The highest BCUT2D eigenvalue weighted by Gasteiger charge is 2.16. The van der Waals surface area contributed by atoms with Crippen LogP contribution >= 0.6 is 0 Å². The summed E-state index contributed by atoms with van der Waals surface area (Å²) in [6.07, 6.45) is 1.99. The molecule has 3 rings (SSSR count). The number of hydrogen-bond acceptors (Lipinski definition) is 5. The van der Waals surface area contributed by atoms with Crippen molar-refractivity contribution in [3.8, 4) is 0 Å². The largest absolute Gasteiger partial charge is 0.378 e. The Morgan fingerprint density at radius 2 is 2.05 bits per heavy atom. The molecule has 2 heterocycles. The van der Waals surface area contributed by atoms with E-state index in [1.165, 1.54) is 6.33 Å². The molecule has 110 valence electrons. The molecule has 21 heavy (non-hydrogen) atoms. The molecule has 1 N–H and O–H groups in total. The molecule has 1 aliphatic heterocycles. The summed E-state index contributed by atoms with van der Waals surface area (Å²) in [5.41, 5.74) is 0.898. The van der Waals surface area contributed by atoms with Crippen LogP contribution in [0, 0.1) is 0 Å². The molecule has 0 spiro atoms. The van der Waals surface area contributed by atoms with Gasteiger partial charge in [0, 0.05) is 31.4 Å². The van der Waals surface area contributed by atoms with Crippen molar-refractivity contribution in [2.75, 3.05) is 38.2 Å². The van der Waals surface area contributed by atoms with Gasteiger partial charge in [0.05, 0.1) is 18.7 Å². The highest BCUT2D eigenvalue weighted by molar-refractivity contribution is 5.88. The van der Waals surface area contributed by atoms with E-state index < -0.39 is 0 Å². The third-order valence-electron chi connectivity index (χ3n) is 3.54. The minimum absolute atomic E-state index is 0.157. The number of hydrogen-bond donors (Lipinski definition) is 1. The Balaban J connectivity index is 1.58. The lowest BCUT2D eigenvalue weighted by Crippen LogP contribution is -2.41. The van der Waals surface area contributed by atoms with E-state index in [1.807, 2.05) is 29.2 Å². The summed E-state index contributed by atoms with van der Waals surface area (Å²) in [5.74, 6) is 0.930. The third-order valence-corrected chi connectivity index (χ3v) is 3.54. The second-order valence-electron chi connectivity index (χ2n) is 4.91. The number of ether oxygens (including phenoxy) is 1. The van der Waals surface area contributed by atoms with Crippen molar-refractivity contribution < 1.29 is 9.53 Å². The van der Waals surface area contributed by atoms with Crippen LogP contribution < -0.4 is 5.32 Å². The molecule has 0 unspecified atom stereocenters. The average molecular weight is 286 g/mol. The molecule has 1 saturated heterocycles. The van der Waals surface area contributed by atoms with Crippen LogP contribution in [-0.4, -0.2) is 53.6 Å². The first-order chi connectivity index (χ1) is 10.3. The first-order valence-electron chi connectivity index (χ1n) is 7.14. The van der Waals surface area contributed by atoms with Gasteiger partial charge in [0.15, 0.2) is 0 Å².